The van der Waals surface area contributed by atoms with Crippen LogP contribution in [0.4, 0.5) is 5.69 Å². The molecule has 0 atom stereocenters. The van der Waals surface area contributed by atoms with Gasteiger partial charge in [0.15, 0.2) is 0 Å². The number of amides is 1. The first-order chi connectivity index (χ1) is 6.22. The standard InChI is InChI=1S/C10H12N2O/c1-2-10(13)12-7-8-4-3-5-9(11)6-8/h2-6H,1,7,11H2,(H,12,13). The van der Waals surface area contributed by atoms with Crippen molar-refractivity contribution in [3.63, 3.8) is 0 Å². The quantitative estimate of drug-likeness (QED) is 0.534. The molecule has 0 saturated carbocycles. The van der Waals surface area contributed by atoms with Gasteiger partial charge in [-0.25, -0.2) is 0 Å². The van der Waals surface area contributed by atoms with E-state index in [1.54, 1.807) is 6.07 Å². The zero-order valence-electron chi connectivity index (χ0n) is 7.29. The molecule has 0 radical (unpaired) electrons. The summed E-state index contributed by atoms with van der Waals surface area (Å²) in [6.45, 7) is 3.84. The minimum atomic E-state index is -0.178. The van der Waals surface area contributed by atoms with Crippen LogP contribution in [0.1, 0.15) is 5.56 Å². The van der Waals surface area contributed by atoms with Crippen molar-refractivity contribution in [1.29, 1.82) is 0 Å². The minimum Gasteiger partial charge on any atom is -0.399 e. The summed E-state index contributed by atoms with van der Waals surface area (Å²) >= 11 is 0. The average molecular weight is 176 g/mol. The van der Waals surface area contributed by atoms with Crippen LogP contribution in [-0.4, -0.2) is 5.91 Å². The van der Waals surface area contributed by atoms with Crippen molar-refractivity contribution >= 4 is 11.6 Å². The topological polar surface area (TPSA) is 55.1 Å². The number of rotatable bonds is 3. The molecule has 3 heteroatoms. The smallest absolute Gasteiger partial charge is 0.243 e. The van der Waals surface area contributed by atoms with Gasteiger partial charge in [-0.2, -0.15) is 0 Å². The van der Waals surface area contributed by atoms with Gasteiger partial charge in [-0.15, -0.1) is 0 Å². The fourth-order valence-corrected chi connectivity index (χ4v) is 0.964. The molecule has 0 bridgehead atoms. The Morgan fingerprint density at radius 2 is 2.38 bits per heavy atom. The van der Waals surface area contributed by atoms with E-state index in [2.05, 4.69) is 11.9 Å². The maximum Gasteiger partial charge on any atom is 0.243 e. The van der Waals surface area contributed by atoms with Gasteiger partial charge in [0, 0.05) is 12.2 Å². The number of benzene rings is 1. The number of hydrogen-bond donors (Lipinski definition) is 2. The van der Waals surface area contributed by atoms with Gasteiger partial charge in [0.2, 0.25) is 5.91 Å². The van der Waals surface area contributed by atoms with E-state index in [-0.39, 0.29) is 5.91 Å². The minimum absolute atomic E-state index is 0.178. The maximum absolute atomic E-state index is 10.8. The first-order valence-electron chi connectivity index (χ1n) is 3.97. The van der Waals surface area contributed by atoms with Crippen molar-refractivity contribution in [1.82, 2.24) is 5.32 Å². The molecule has 0 unspecified atom stereocenters. The van der Waals surface area contributed by atoms with Crippen molar-refractivity contribution in [2.75, 3.05) is 5.73 Å². The van der Waals surface area contributed by atoms with E-state index >= 15 is 0 Å². The number of carbonyl (C=O) groups is 1. The van der Waals surface area contributed by atoms with Crippen LogP contribution in [0.3, 0.4) is 0 Å². The molecule has 3 N–H and O–H groups in total. The Hall–Kier alpha value is -1.77. The van der Waals surface area contributed by atoms with Crippen LogP contribution in [0.5, 0.6) is 0 Å². The first kappa shape index (κ1) is 9.32. The second kappa shape index (κ2) is 4.30. The third-order valence-corrected chi connectivity index (χ3v) is 1.60. The van der Waals surface area contributed by atoms with E-state index in [9.17, 15) is 4.79 Å². The zero-order chi connectivity index (χ0) is 9.68. The number of hydrogen-bond acceptors (Lipinski definition) is 2. The van der Waals surface area contributed by atoms with E-state index in [4.69, 9.17) is 5.73 Å². The number of anilines is 1. The first-order valence-corrected chi connectivity index (χ1v) is 3.97. The molecule has 1 aromatic carbocycles. The Labute approximate surface area is 77.3 Å². The monoisotopic (exact) mass is 176 g/mol. The van der Waals surface area contributed by atoms with E-state index in [1.165, 1.54) is 6.08 Å². The SMILES string of the molecule is C=CC(=O)NCc1cccc(N)c1. The predicted octanol–water partition coefficient (Wildman–Crippen LogP) is 1.07. The summed E-state index contributed by atoms with van der Waals surface area (Å²) in [4.78, 5) is 10.8. The van der Waals surface area contributed by atoms with E-state index in [0.717, 1.165) is 5.56 Å². The highest BCUT2D eigenvalue weighted by molar-refractivity contribution is 5.86. The van der Waals surface area contributed by atoms with E-state index < -0.39 is 0 Å². The second-order valence-corrected chi connectivity index (χ2v) is 2.67. The molecular formula is C10H12N2O. The largest absolute Gasteiger partial charge is 0.399 e. The summed E-state index contributed by atoms with van der Waals surface area (Å²) in [5.74, 6) is -0.178. The van der Waals surface area contributed by atoms with E-state index in [0.29, 0.717) is 12.2 Å². The second-order valence-electron chi connectivity index (χ2n) is 2.67. The Morgan fingerprint density at radius 1 is 1.62 bits per heavy atom. The molecule has 68 valence electrons. The summed E-state index contributed by atoms with van der Waals surface area (Å²) in [5.41, 5.74) is 7.25. The molecular weight excluding hydrogens is 164 g/mol. The third kappa shape index (κ3) is 2.99. The Balaban J connectivity index is 2.54. The maximum atomic E-state index is 10.8. The highest BCUT2D eigenvalue weighted by Gasteiger charge is 1.95. The van der Waals surface area contributed by atoms with Gasteiger partial charge in [-0.05, 0) is 23.8 Å². The highest BCUT2D eigenvalue weighted by Crippen LogP contribution is 2.05. The zero-order valence-corrected chi connectivity index (χ0v) is 7.29. The van der Waals surface area contributed by atoms with E-state index in [1.807, 2.05) is 18.2 Å². The van der Waals surface area contributed by atoms with Gasteiger partial charge in [-0.3, -0.25) is 4.79 Å². The molecule has 1 aromatic rings. The molecule has 0 aliphatic rings. The number of nitrogen functional groups attached to an aromatic ring is 1. The molecule has 0 saturated heterocycles. The lowest BCUT2D eigenvalue weighted by Crippen LogP contribution is -2.19. The summed E-state index contributed by atoms with van der Waals surface area (Å²) < 4.78 is 0. The number of nitrogens with two attached hydrogens (primary N) is 1. The lowest BCUT2D eigenvalue weighted by molar-refractivity contribution is -0.116. The normalized spacial score (nSPS) is 9.23. The molecule has 0 aliphatic carbocycles. The van der Waals surface area contributed by atoms with Gasteiger partial charge in [0.1, 0.15) is 0 Å². The lowest BCUT2D eigenvalue weighted by Gasteiger charge is -2.02. The van der Waals surface area contributed by atoms with Gasteiger partial charge in [0.05, 0.1) is 0 Å². The van der Waals surface area contributed by atoms with Gasteiger partial charge in [0.25, 0.3) is 0 Å². The molecule has 0 aliphatic heterocycles. The van der Waals surface area contributed by atoms with Crippen LogP contribution in [0, 0.1) is 0 Å². The molecule has 0 heterocycles. The van der Waals surface area contributed by atoms with Crippen molar-refractivity contribution in [3.8, 4) is 0 Å². The van der Waals surface area contributed by atoms with Crippen molar-refractivity contribution < 1.29 is 4.79 Å². The molecule has 13 heavy (non-hydrogen) atoms. The predicted molar refractivity (Wildman–Crippen MR) is 52.9 cm³/mol. The van der Waals surface area contributed by atoms with Crippen molar-refractivity contribution in [2.45, 2.75) is 6.54 Å². The van der Waals surface area contributed by atoms with Crippen LogP contribution >= 0.6 is 0 Å². The summed E-state index contributed by atoms with van der Waals surface area (Å²) in [5, 5.41) is 2.66. The van der Waals surface area contributed by atoms with Crippen molar-refractivity contribution in [3.05, 3.63) is 42.5 Å². The Kier molecular flexibility index (Phi) is 3.09. The summed E-state index contributed by atoms with van der Waals surface area (Å²) in [6, 6.07) is 7.38. The number of nitrogens with one attached hydrogen (secondary N) is 1. The average Bonchev–Trinajstić information content (AvgIpc) is 2.14. The van der Waals surface area contributed by atoms with Crippen LogP contribution in [-0.2, 0) is 11.3 Å². The molecule has 0 fully saturated rings. The highest BCUT2D eigenvalue weighted by atomic mass is 16.1. The Morgan fingerprint density at radius 3 is 3.00 bits per heavy atom. The molecule has 0 spiro atoms. The number of carbonyl (C=O) groups excluding carboxylic acids is 1. The lowest BCUT2D eigenvalue weighted by atomic mass is 10.2. The summed E-state index contributed by atoms with van der Waals surface area (Å²) in [7, 11) is 0. The van der Waals surface area contributed by atoms with Gasteiger partial charge in [-0.1, -0.05) is 18.7 Å². The fraction of sp³-hybridized carbons (Fsp3) is 0.100. The van der Waals surface area contributed by atoms with Crippen LogP contribution in [0.2, 0.25) is 0 Å². The van der Waals surface area contributed by atoms with Crippen LogP contribution < -0.4 is 11.1 Å². The van der Waals surface area contributed by atoms with Gasteiger partial charge >= 0.3 is 0 Å². The molecule has 3 nitrogen and oxygen atoms in total. The van der Waals surface area contributed by atoms with Crippen LogP contribution in [0.25, 0.3) is 0 Å². The molecule has 1 rings (SSSR count). The summed E-state index contributed by atoms with van der Waals surface area (Å²) in [6.07, 6.45) is 1.24. The molecule has 1 amide bonds. The fourth-order valence-electron chi connectivity index (χ4n) is 0.964. The molecule has 0 aromatic heterocycles. The van der Waals surface area contributed by atoms with Gasteiger partial charge < -0.3 is 11.1 Å². The Bertz CT molecular complexity index is 320. The third-order valence-electron chi connectivity index (χ3n) is 1.60. The van der Waals surface area contributed by atoms with Crippen LogP contribution in [0.15, 0.2) is 36.9 Å². The van der Waals surface area contributed by atoms with Crippen molar-refractivity contribution in [2.24, 2.45) is 0 Å².